The van der Waals surface area contributed by atoms with Crippen LogP contribution in [-0.2, 0) is 9.47 Å². The SMILES string of the molecule is CC(C)(C)C1CCC(CN)(OCCN2CCOCC2)CC1. The summed E-state index contributed by atoms with van der Waals surface area (Å²) in [5.41, 5.74) is 6.40. The molecule has 1 saturated heterocycles. The Hall–Kier alpha value is -0.160. The molecule has 0 aromatic carbocycles. The third-order valence-electron chi connectivity index (χ3n) is 5.41. The Kier molecular flexibility index (Phi) is 6.06. The summed E-state index contributed by atoms with van der Waals surface area (Å²) in [7, 11) is 0. The zero-order valence-electron chi connectivity index (χ0n) is 14.2. The fourth-order valence-corrected chi connectivity index (χ4v) is 3.63. The molecule has 2 aliphatic rings. The van der Waals surface area contributed by atoms with Gasteiger partial charge in [0.1, 0.15) is 0 Å². The van der Waals surface area contributed by atoms with Crippen molar-refractivity contribution in [3.63, 3.8) is 0 Å². The van der Waals surface area contributed by atoms with E-state index in [2.05, 4.69) is 25.7 Å². The van der Waals surface area contributed by atoms with Crippen molar-refractivity contribution in [1.29, 1.82) is 0 Å². The lowest BCUT2D eigenvalue weighted by Gasteiger charge is -2.43. The Morgan fingerprint density at radius 1 is 1.19 bits per heavy atom. The molecular weight excluding hydrogens is 264 g/mol. The molecule has 0 radical (unpaired) electrons. The van der Waals surface area contributed by atoms with Gasteiger partial charge in [0, 0.05) is 26.2 Å². The highest BCUT2D eigenvalue weighted by Crippen LogP contribution is 2.42. The van der Waals surface area contributed by atoms with E-state index in [1.165, 1.54) is 12.8 Å². The topological polar surface area (TPSA) is 47.7 Å². The molecule has 0 aromatic rings. The smallest absolute Gasteiger partial charge is 0.0805 e. The molecule has 0 amide bonds. The monoisotopic (exact) mass is 298 g/mol. The van der Waals surface area contributed by atoms with Gasteiger partial charge in [-0.05, 0) is 37.0 Å². The third-order valence-corrected chi connectivity index (χ3v) is 5.41. The highest BCUT2D eigenvalue weighted by molar-refractivity contribution is 4.91. The maximum Gasteiger partial charge on any atom is 0.0805 e. The molecule has 1 heterocycles. The maximum atomic E-state index is 6.28. The van der Waals surface area contributed by atoms with Gasteiger partial charge in [0.25, 0.3) is 0 Å². The van der Waals surface area contributed by atoms with Gasteiger partial charge in [-0.1, -0.05) is 20.8 Å². The molecule has 2 rings (SSSR count). The van der Waals surface area contributed by atoms with Crippen molar-refractivity contribution in [2.45, 2.75) is 52.1 Å². The van der Waals surface area contributed by atoms with Gasteiger partial charge < -0.3 is 15.2 Å². The summed E-state index contributed by atoms with van der Waals surface area (Å²) in [6.07, 6.45) is 4.74. The van der Waals surface area contributed by atoms with E-state index in [9.17, 15) is 0 Å². The standard InChI is InChI=1S/C17H34N2O2/c1-16(2,3)15-4-6-17(14-18,7-5-15)21-13-10-19-8-11-20-12-9-19/h15H,4-14,18H2,1-3H3. The number of morpholine rings is 1. The zero-order valence-corrected chi connectivity index (χ0v) is 14.2. The van der Waals surface area contributed by atoms with Crippen LogP contribution >= 0.6 is 0 Å². The van der Waals surface area contributed by atoms with Gasteiger partial charge in [0.05, 0.1) is 25.4 Å². The summed E-state index contributed by atoms with van der Waals surface area (Å²) in [6.45, 7) is 13.3. The van der Waals surface area contributed by atoms with Gasteiger partial charge in [-0.3, -0.25) is 4.90 Å². The van der Waals surface area contributed by atoms with Gasteiger partial charge >= 0.3 is 0 Å². The highest BCUT2D eigenvalue weighted by atomic mass is 16.5. The van der Waals surface area contributed by atoms with E-state index in [4.69, 9.17) is 15.2 Å². The van der Waals surface area contributed by atoms with Crippen LogP contribution in [0, 0.1) is 11.3 Å². The third kappa shape index (κ3) is 4.92. The molecule has 4 heteroatoms. The van der Waals surface area contributed by atoms with Crippen molar-refractivity contribution < 1.29 is 9.47 Å². The lowest BCUT2D eigenvalue weighted by molar-refractivity contribution is -0.0883. The maximum absolute atomic E-state index is 6.28. The summed E-state index contributed by atoms with van der Waals surface area (Å²) in [5.74, 6) is 0.806. The second kappa shape index (κ2) is 7.40. The van der Waals surface area contributed by atoms with Gasteiger partial charge in [0.15, 0.2) is 0 Å². The van der Waals surface area contributed by atoms with E-state index < -0.39 is 0 Å². The molecule has 0 unspecified atom stereocenters. The summed E-state index contributed by atoms with van der Waals surface area (Å²) in [5, 5.41) is 0. The second-order valence-corrected chi connectivity index (χ2v) is 7.83. The second-order valence-electron chi connectivity index (χ2n) is 7.83. The minimum atomic E-state index is -0.0615. The summed E-state index contributed by atoms with van der Waals surface area (Å²) in [4.78, 5) is 2.43. The van der Waals surface area contributed by atoms with Crippen LogP contribution in [0.3, 0.4) is 0 Å². The Balaban J connectivity index is 1.74. The first-order valence-corrected chi connectivity index (χ1v) is 8.59. The van der Waals surface area contributed by atoms with E-state index in [0.717, 1.165) is 58.2 Å². The van der Waals surface area contributed by atoms with Gasteiger partial charge in [-0.2, -0.15) is 0 Å². The molecule has 1 aliphatic carbocycles. The van der Waals surface area contributed by atoms with Crippen LogP contribution in [0.1, 0.15) is 46.5 Å². The average molecular weight is 298 g/mol. The van der Waals surface area contributed by atoms with Crippen LogP contribution in [0.5, 0.6) is 0 Å². The molecule has 0 atom stereocenters. The zero-order chi connectivity index (χ0) is 15.3. The van der Waals surface area contributed by atoms with Crippen molar-refractivity contribution >= 4 is 0 Å². The van der Waals surface area contributed by atoms with Crippen LogP contribution in [0.2, 0.25) is 0 Å². The van der Waals surface area contributed by atoms with Gasteiger partial charge in [0.2, 0.25) is 0 Å². The predicted molar refractivity (Wildman–Crippen MR) is 86.4 cm³/mol. The molecule has 0 bridgehead atoms. The quantitative estimate of drug-likeness (QED) is 0.846. The van der Waals surface area contributed by atoms with Crippen LogP contribution in [0.25, 0.3) is 0 Å². The van der Waals surface area contributed by atoms with E-state index in [1.807, 2.05) is 0 Å². The normalized spacial score (nSPS) is 32.3. The van der Waals surface area contributed by atoms with Gasteiger partial charge in [-0.25, -0.2) is 0 Å². The molecule has 4 nitrogen and oxygen atoms in total. The number of nitrogens with zero attached hydrogens (tertiary/aromatic N) is 1. The predicted octanol–water partition coefficient (Wildman–Crippen LogP) is 2.27. The summed E-state index contributed by atoms with van der Waals surface area (Å²) in [6, 6.07) is 0. The van der Waals surface area contributed by atoms with Gasteiger partial charge in [-0.15, -0.1) is 0 Å². The lowest BCUT2D eigenvalue weighted by Crippen LogP contribution is -2.47. The molecule has 21 heavy (non-hydrogen) atoms. The number of hydrogen-bond donors (Lipinski definition) is 1. The average Bonchev–Trinajstić information content (AvgIpc) is 2.48. The number of rotatable bonds is 5. The van der Waals surface area contributed by atoms with Crippen LogP contribution in [0.15, 0.2) is 0 Å². The lowest BCUT2D eigenvalue weighted by atomic mass is 9.68. The molecule has 2 N–H and O–H groups in total. The van der Waals surface area contributed by atoms with Crippen LogP contribution < -0.4 is 5.73 Å². The Labute approximate surface area is 130 Å². The molecule has 1 aliphatic heterocycles. The Morgan fingerprint density at radius 3 is 2.33 bits per heavy atom. The summed E-state index contributed by atoms with van der Waals surface area (Å²) < 4.78 is 11.7. The first kappa shape index (κ1) is 17.2. The van der Waals surface area contributed by atoms with E-state index in [0.29, 0.717) is 12.0 Å². The molecule has 2 fully saturated rings. The minimum Gasteiger partial charge on any atom is -0.379 e. The first-order valence-electron chi connectivity index (χ1n) is 8.59. The largest absolute Gasteiger partial charge is 0.379 e. The van der Waals surface area contributed by atoms with E-state index in [-0.39, 0.29) is 5.60 Å². The van der Waals surface area contributed by atoms with Crippen molar-refractivity contribution in [3.8, 4) is 0 Å². The van der Waals surface area contributed by atoms with E-state index >= 15 is 0 Å². The number of hydrogen-bond acceptors (Lipinski definition) is 4. The molecule has 124 valence electrons. The molecule has 0 spiro atoms. The summed E-state index contributed by atoms with van der Waals surface area (Å²) >= 11 is 0. The highest BCUT2D eigenvalue weighted by Gasteiger charge is 2.38. The van der Waals surface area contributed by atoms with Crippen LogP contribution in [-0.4, -0.2) is 56.5 Å². The number of ether oxygens (including phenoxy) is 2. The van der Waals surface area contributed by atoms with Crippen molar-refractivity contribution in [2.75, 3.05) is 46.0 Å². The molecule has 1 saturated carbocycles. The fraction of sp³-hybridized carbons (Fsp3) is 1.00. The molecule has 0 aromatic heterocycles. The first-order chi connectivity index (χ1) is 9.95. The van der Waals surface area contributed by atoms with Crippen LogP contribution in [0.4, 0.5) is 0 Å². The van der Waals surface area contributed by atoms with Crippen molar-refractivity contribution in [2.24, 2.45) is 17.1 Å². The number of nitrogens with two attached hydrogens (primary N) is 1. The Bertz CT molecular complexity index is 300. The minimum absolute atomic E-state index is 0.0615. The fourth-order valence-electron chi connectivity index (χ4n) is 3.63. The van der Waals surface area contributed by atoms with Crippen molar-refractivity contribution in [3.05, 3.63) is 0 Å². The Morgan fingerprint density at radius 2 is 1.81 bits per heavy atom. The van der Waals surface area contributed by atoms with Crippen molar-refractivity contribution in [1.82, 2.24) is 4.90 Å². The molecular formula is C17H34N2O2. The van der Waals surface area contributed by atoms with E-state index in [1.54, 1.807) is 0 Å².